The molecule has 0 aromatic rings. The van der Waals surface area contributed by atoms with Gasteiger partial charge in [0.25, 0.3) is 0 Å². The zero-order valence-electron chi connectivity index (χ0n) is 9.62. The van der Waals surface area contributed by atoms with Gasteiger partial charge < -0.3 is 35.4 Å². The van der Waals surface area contributed by atoms with E-state index in [-0.39, 0.29) is 33.0 Å². The molecule has 0 rings (SSSR count). The molecule has 0 aromatic carbocycles. The summed E-state index contributed by atoms with van der Waals surface area (Å²) < 4.78 is 4.63. The van der Waals surface area contributed by atoms with Crippen LogP contribution in [0.4, 0.5) is 0 Å². The first-order chi connectivity index (χ1) is 7.60. The lowest BCUT2D eigenvalue weighted by Gasteiger charge is -1.94. The lowest BCUT2D eigenvalue weighted by atomic mass is 10.5. The Hall–Kier alpha value is -0.280. The molecular weight excluding hydrogens is 220 g/mol. The van der Waals surface area contributed by atoms with Gasteiger partial charge in [0.2, 0.25) is 0 Å². The number of ether oxygens (including phenoxy) is 1. The molecule has 0 amide bonds. The van der Waals surface area contributed by atoms with Crippen molar-refractivity contribution in [1.82, 2.24) is 0 Å². The van der Waals surface area contributed by atoms with E-state index in [9.17, 15) is 0 Å². The van der Waals surface area contributed by atoms with Crippen molar-refractivity contribution in [3.05, 3.63) is 0 Å². The third kappa shape index (κ3) is 49.2. The van der Waals surface area contributed by atoms with E-state index in [0.29, 0.717) is 13.2 Å². The Balaban J connectivity index is -0.000000166. The van der Waals surface area contributed by atoms with Crippen molar-refractivity contribution in [2.75, 3.05) is 46.2 Å². The van der Waals surface area contributed by atoms with E-state index in [0.717, 1.165) is 0 Å². The van der Waals surface area contributed by atoms with Crippen LogP contribution in [0.5, 0.6) is 0 Å². The Morgan fingerprint density at radius 2 is 1.12 bits per heavy atom. The van der Waals surface area contributed by atoms with Crippen LogP contribution in [-0.4, -0.2) is 83.0 Å². The van der Waals surface area contributed by atoms with Crippen LogP contribution in [0.25, 0.3) is 0 Å². The van der Waals surface area contributed by atoms with E-state index >= 15 is 0 Å². The first-order valence-corrected chi connectivity index (χ1v) is 4.90. The molecule has 1 atom stereocenters. The molecule has 0 aliphatic carbocycles. The number of aliphatic hydroxyl groups excluding tert-OH is 6. The van der Waals surface area contributed by atoms with Crippen LogP contribution in [0.2, 0.25) is 0 Å². The molecule has 0 aliphatic heterocycles. The Morgan fingerprint density at radius 3 is 1.25 bits per heavy atom. The van der Waals surface area contributed by atoms with E-state index in [4.69, 9.17) is 30.6 Å². The highest BCUT2D eigenvalue weighted by atomic mass is 16.5. The minimum absolute atomic E-state index is 0.0278. The highest BCUT2D eigenvalue weighted by Crippen LogP contribution is 1.69. The van der Waals surface area contributed by atoms with Crippen molar-refractivity contribution < 1.29 is 35.4 Å². The van der Waals surface area contributed by atoms with Crippen LogP contribution in [0.15, 0.2) is 0 Å². The number of hydrogen-bond acceptors (Lipinski definition) is 7. The third-order valence-electron chi connectivity index (χ3n) is 0.835. The highest BCUT2D eigenvalue weighted by molar-refractivity contribution is 4.34. The van der Waals surface area contributed by atoms with Gasteiger partial charge in [-0.05, 0) is 6.92 Å². The first kappa shape index (κ1) is 21.1. The summed E-state index contributed by atoms with van der Waals surface area (Å²) in [5.41, 5.74) is 0. The fraction of sp³-hybridized carbons (Fsp3) is 1.00. The molecule has 0 saturated heterocycles. The topological polar surface area (TPSA) is 131 Å². The average Bonchev–Trinajstić information content (AvgIpc) is 2.31. The van der Waals surface area contributed by atoms with E-state index in [1.165, 1.54) is 6.92 Å². The normalized spacial score (nSPS) is 10.7. The van der Waals surface area contributed by atoms with Crippen LogP contribution in [0.3, 0.4) is 0 Å². The summed E-state index contributed by atoms with van der Waals surface area (Å²) in [6.07, 6.45) is -0.560. The Bertz CT molecular complexity index is 83.9. The van der Waals surface area contributed by atoms with Gasteiger partial charge in [-0.15, -0.1) is 0 Å². The van der Waals surface area contributed by atoms with Crippen LogP contribution in [0.1, 0.15) is 6.92 Å². The monoisotopic (exact) mass is 244 g/mol. The summed E-state index contributed by atoms with van der Waals surface area (Å²) in [6.45, 7) is 1.83. The minimum Gasteiger partial charge on any atom is -0.394 e. The molecule has 7 nitrogen and oxygen atoms in total. The van der Waals surface area contributed by atoms with Gasteiger partial charge in [-0.1, -0.05) is 0 Å². The largest absolute Gasteiger partial charge is 0.394 e. The van der Waals surface area contributed by atoms with Crippen molar-refractivity contribution in [3.8, 4) is 0 Å². The summed E-state index contributed by atoms with van der Waals surface area (Å²) in [4.78, 5) is 0. The maximum atomic E-state index is 8.11. The van der Waals surface area contributed by atoms with E-state index in [2.05, 4.69) is 4.74 Å². The SMILES string of the molecule is CC(O)CO.OCCO.OCCOCCO. The first-order valence-electron chi connectivity index (χ1n) is 4.90. The molecule has 0 bridgehead atoms. The van der Waals surface area contributed by atoms with Crippen molar-refractivity contribution in [2.24, 2.45) is 0 Å². The second kappa shape index (κ2) is 24.1. The molecule has 0 aromatic heterocycles. The second-order valence-electron chi connectivity index (χ2n) is 2.54. The molecule has 0 fully saturated rings. The predicted molar refractivity (Wildman–Crippen MR) is 57.9 cm³/mol. The summed E-state index contributed by atoms with van der Waals surface area (Å²) in [5.74, 6) is 0. The number of aliphatic hydroxyl groups is 6. The van der Waals surface area contributed by atoms with E-state index in [1.807, 2.05) is 0 Å². The number of hydrogen-bond donors (Lipinski definition) is 6. The summed E-state index contributed by atoms with van der Waals surface area (Å²) in [7, 11) is 0. The second-order valence-corrected chi connectivity index (χ2v) is 2.54. The zero-order chi connectivity index (χ0) is 13.2. The average molecular weight is 244 g/mol. The molecule has 0 heterocycles. The van der Waals surface area contributed by atoms with Crippen molar-refractivity contribution in [3.63, 3.8) is 0 Å². The highest BCUT2D eigenvalue weighted by Gasteiger charge is 1.83. The Morgan fingerprint density at radius 1 is 0.812 bits per heavy atom. The summed E-state index contributed by atoms with van der Waals surface area (Å²) in [5, 5.41) is 47.4. The zero-order valence-corrected chi connectivity index (χ0v) is 9.62. The van der Waals surface area contributed by atoms with E-state index < -0.39 is 6.10 Å². The van der Waals surface area contributed by atoms with Crippen LogP contribution in [0, 0.1) is 0 Å². The molecule has 0 radical (unpaired) electrons. The lowest BCUT2D eigenvalue weighted by Crippen LogP contribution is -2.03. The van der Waals surface area contributed by atoms with E-state index in [1.54, 1.807) is 0 Å². The fourth-order valence-corrected chi connectivity index (χ4v) is 0.231. The molecule has 0 saturated carbocycles. The molecule has 0 aliphatic rings. The smallest absolute Gasteiger partial charge is 0.0742 e. The Kier molecular flexibility index (Phi) is 31.7. The van der Waals surface area contributed by atoms with Crippen molar-refractivity contribution in [1.29, 1.82) is 0 Å². The van der Waals surface area contributed by atoms with Gasteiger partial charge in [-0.2, -0.15) is 0 Å². The minimum atomic E-state index is -0.560. The van der Waals surface area contributed by atoms with Crippen LogP contribution >= 0.6 is 0 Å². The van der Waals surface area contributed by atoms with Crippen molar-refractivity contribution in [2.45, 2.75) is 13.0 Å². The quantitative estimate of drug-likeness (QED) is 0.281. The van der Waals surface area contributed by atoms with Gasteiger partial charge >= 0.3 is 0 Å². The summed E-state index contributed by atoms with van der Waals surface area (Å²) >= 11 is 0. The standard InChI is InChI=1S/C4H10O3.C3H8O2.C2H6O2/c5-1-3-7-4-2-6;1-3(5)2-4;3-1-2-4/h5-6H,1-4H2;3-5H,2H2,1H3;3-4H,1-2H2. The van der Waals surface area contributed by atoms with Crippen LogP contribution < -0.4 is 0 Å². The molecule has 6 N–H and O–H groups in total. The fourth-order valence-electron chi connectivity index (χ4n) is 0.231. The molecule has 7 heteroatoms. The van der Waals surface area contributed by atoms with Gasteiger partial charge in [0.15, 0.2) is 0 Å². The number of rotatable bonds is 6. The molecular formula is C9H24O7. The molecule has 0 spiro atoms. The molecule has 1 unspecified atom stereocenters. The predicted octanol–water partition coefficient (Wildman–Crippen LogP) is -2.68. The van der Waals surface area contributed by atoms with Crippen LogP contribution in [-0.2, 0) is 4.74 Å². The van der Waals surface area contributed by atoms with Crippen molar-refractivity contribution >= 4 is 0 Å². The molecule has 16 heavy (non-hydrogen) atoms. The van der Waals surface area contributed by atoms with Gasteiger partial charge in [-0.25, -0.2) is 0 Å². The van der Waals surface area contributed by atoms with Gasteiger partial charge in [-0.3, -0.25) is 0 Å². The lowest BCUT2D eigenvalue weighted by molar-refractivity contribution is 0.0650. The third-order valence-corrected chi connectivity index (χ3v) is 0.835. The Labute approximate surface area is 95.5 Å². The maximum absolute atomic E-state index is 8.11. The van der Waals surface area contributed by atoms with Gasteiger partial charge in [0.05, 0.1) is 52.4 Å². The summed E-state index contributed by atoms with van der Waals surface area (Å²) in [6, 6.07) is 0. The molecule has 102 valence electrons. The van der Waals surface area contributed by atoms with Gasteiger partial charge in [0.1, 0.15) is 0 Å². The maximum Gasteiger partial charge on any atom is 0.0742 e. The van der Waals surface area contributed by atoms with Gasteiger partial charge in [0, 0.05) is 0 Å².